The van der Waals surface area contributed by atoms with Crippen molar-refractivity contribution >= 4 is 93.4 Å². The molecule has 3 heterocycles. The topological polar surface area (TPSA) is 26.2 Å². The van der Waals surface area contributed by atoms with Gasteiger partial charge in [-0.05, 0) is 159 Å². The number of furan rings is 1. The molecule has 74 heavy (non-hydrogen) atoms. The van der Waals surface area contributed by atoms with Gasteiger partial charge in [-0.3, -0.25) is 0 Å². The van der Waals surface area contributed by atoms with Crippen molar-refractivity contribution in [3.63, 3.8) is 0 Å². The molecule has 0 N–H and O–H groups in total. The second kappa shape index (κ2) is 16.9. The van der Waals surface area contributed by atoms with Gasteiger partial charge in [0.05, 0.1) is 22.1 Å². The second-order valence-electron chi connectivity index (χ2n) is 19.3. The van der Waals surface area contributed by atoms with E-state index in [4.69, 9.17) is 4.42 Å². The van der Waals surface area contributed by atoms with Crippen LogP contribution in [0.25, 0.3) is 121 Å². The van der Waals surface area contributed by atoms with Gasteiger partial charge in [0.25, 0.3) is 0 Å². The van der Waals surface area contributed by atoms with Crippen molar-refractivity contribution in [2.75, 3.05) is 4.90 Å². The van der Waals surface area contributed by atoms with Gasteiger partial charge in [0.2, 0.25) is 0 Å². The molecule has 0 aliphatic heterocycles. The van der Waals surface area contributed by atoms with Crippen LogP contribution in [0.15, 0.2) is 277 Å². The maximum Gasteiger partial charge on any atom is 0.135 e. The third-order valence-corrected chi connectivity index (χ3v) is 15.1. The molecule has 3 aromatic heterocycles. The lowest BCUT2D eigenvalue weighted by atomic mass is 9.98. The highest BCUT2D eigenvalue weighted by Crippen LogP contribution is 2.42. The first-order chi connectivity index (χ1) is 36.7. The molecule has 4 nitrogen and oxygen atoms in total. The number of nitrogens with zero attached hydrogens (tertiary/aromatic N) is 3. The van der Waals surface area contributed by atoms with Crippen LogP contribution < -0.4 is 4.90 Å². The van der Waals surface area contributed by atoms with E-state index < -0.39 is 0 Å². The van der Waals surface area contributed by atoms with Crippen LogP contribution in [0.5, 0.6) is 0 Å². The Labute approximate surface area is 427 Å². The Morgan fingerprint density at radius 1 is 0.243 bits per heavy atom. The molecule has 12 aromatic carbocycles. The molecular weight excluding hydrogens is 899 g/mol. The Balaban J connectivity index is 0.814. The molecule has 0 unspecified atom stereocenters. The number of anilines is 3. The summed E-state index contributed by atoms with van der Waals surface area (Å²) in [5.41, 5.74) is 19.2. The van der Waals surface area contributed by atoms with E-state index in [0.29, 0.717) is 0 Å². The Bertz CT molecular complexity index is 4640. The Hall–Kier alpha value is -9.90. The quantitative estimate of drug-likeness (QED) is 0.152. The van der Waals surface area contributed by atoms with Crippen LogP contribution in [0, 0.1) is 0 Å². The van der Waals surface area contributed by atoms with Crippen molar-refractivity contribution < 1.29 is 4.42 Å². The fourth-order valence-corrected chi connectivity index (χ4v) is 11.5. The lowest BCUT2D eigenvalue weighted by molar-refractivity contribution is 0.669. The van der Waals surface area contributed by atoms with E-state index >= 15 is 0 Å². The zero-order chi connectivity index (χ0) is 48.7. The molecule has 4 heteroatoms. The summed E-state index contributed by atoms with van der Waals surface area (Å²) in [5.74, 6) is 0. The number of benzene rings is 12. The standard InChI is InChI=1S/C70H45N3O/c1-3-13-54(14-4-1)72-66-21-11-8-18-60(66)63-43-52(31-39-67(63)72)48-23-24-50-42-58(37-29-49(50)41-48)71(56-33-25-46(26-34-56)51-32-40-70-64(44-51)62-19-9-12-22-69(62)74-70)57-35-27-47(28-36-57)53-30-38-61-59-17-7-10-20-65(59)73(68(61)45-53)55-15-5-2-6-16-55/h1-45H. The van der Waals surface area contributed by atoms with Crippen LogP contribution >= 0.6 is 0 Å². The van der Waals surface area contributed by atoms with Gasteiger partial charge in [0.1, 0.15) is 11.2 Å². The third-order valence-electron chi connectivity index (χ3n) is 15.1. The molecule has 0 aliphatic carbocycles. The van der Waals surface area contributed by atoms with Gasteiger partial charge in [-0.25, -0.2) is 0 Å². The minimum Gasteiger partial charge on any atom is -0.456 e. The molecule has 346 valence electrons. The van der Waals surface area contributed by atoms with Gasteiger partial charge < -0.3 is 18.5 Å². The molecule has 0 aliphatic rings. The molecule has 0 spiro atoms. The summed E-state index contributed by atoms with van der Waals surface area (Å²) in [6.07, 6.45) is 0. The van der Waals surface area contributed by atoms with Crippen LogP contribution in [-0.2, 0) is 0 Å². The maximum absolute atomic E-state index is 6.18. The van der Waals surface area contributed by atoms with Crippen LogP contribution in [0.1, 0.15) is 0 Å². The van der Waals surface area contributed by atoms with Crippen molar-refractivity contribution in [2.24, 2.45) is 0 Å². The van der Waals surface area contributed by atoms with E-state index in [1.807, 2.05) is 12.1 Å². The zero-order valence-electron chi connectivity index (χ0n) is 40.2. The largest absolute Gasteiger partial charge is 0.456 e. The summed E-state index contributed by atoms with van der Waals surface area (Å²) in [7, 11) is 0. The van der Waals surface area contributed by atoms with E-state index in [2.05, 4.69) is 275 Å². The number of para-hydroxylation sites is 5. The molecule has 0 saturated heterocycles. The summed E-state index contributed by atoms with van der Waals surface area (Å²) < 4.78 is 10.9. The van der Waals surface area contributed by atoms with E-state index in [0.717, 1.165) is 67.1 Å². The summed E-state index contributed by atoms with van der Waals surface area (Å²) >= 11 is 0. The first-order valence-electron chi connectivity index (χ1n) is 25.3. The average Bonchev–Trinajstić information content (AvgIpc) is 4.13. The number of aromatic nitrogens is 2. The highest BCUT2D eigenvalue weighted by Gasteiger charge is 2.18. The van der Waals surface area contributed by atoms with Gasteiger partial charge in [-0.2, -0.15) is 0 Å². The van der Waals surface area contributed by atoms with Crippen LogP contribution in [0.2, 0.25) is 0 Å². The first-order valence-corrected chi connectivity index (χ1v) is 25.3. The highest BCUT2D eigenvalue weighted by molar-refractivity contribution is 6.12. The Kier molecular flexibility index (Phi) is 9.54. The maximum atomic E-state index is 6.18. The predicted molar refractivity (Wildman–Crippen MR) is 311 cm³/mol. The van der Waals surface area contributed by atoms with Crippen molar-refractivity contribution in [3.8, 4) is 44.8 Å². The van der Waals surface area contributed by atoms with Gasteiger partial charge in [0.15, 0.2) is 0 Å². The lowest BCUT2D eigenvalue weighted by Crippen LogP contribution is -2.09. The van der Waals surface area contributed by atoms with Gasteiger partial charge in [0, 0.05) is 60.8 Å². The summed E-state index contributed by atoms with van der Waals surface area (Å²) in [5, 5.41) is 9.61. The van der Waals surface area contributed by atoms with Crippen LogP contribution in [0.4, 0.5) is 17.1 Å². The normalized spacial score (nSPS) is 11.8. The predicted octanol–water partition coefficient (Wildman–Crippen LogP) is 19.4. The number of hydrogen-bond donors (Lipinski definition) is 0. The van der Waals surface area contributed by atoms with Gasteiger partial charge >= 0.3 is 0 Å². The second-order valence-corrected chi connectivity index (χ2v) is 19.3. The summed E-state index contributed by atoms with van der Waals surface area (Å²) in [4.78, 5) is 2.38. The summed E-state index contributed by atoms with van der Waals surface area (Å²) in [6.45, 7) is 0. The molecule has 15 aromatic rings. The van der Waals surface area contributed by atoms with Crippen molar-refractivity contribution in [1.29, 1.82) is 0 Å². The minimum atomic E-state index is 0.899. The lowest BCUT2D eigenvalue weighted by Gasteiger charge is -2.26. The fourth-order valence-electron chi connectivity index (χ4n) is 11.5. The number of hydrogen-bond acceptors (Lipinski definition) is 2. The number of rotatable bonds is 8. The molecule has 0 bridgehead atoms. The van der Waals surface area contributed by atoms with E-state index in [9.17, 15) is 0 Å². The van der Waals surface area contributed by atoms with Crippen LogP contribution in [0.3, 0.4) is 0 Å². The third kappa shape index (κ3) is 6.84. The Morgan fingerprint density at radius 2 is 0.676 bits per heavy atom. The SMILES string of the molecule is c1ccc(-n2c3ccccc3c3cc(-c4ccc5cc(N(c6ccc(-c7ccc8oc9ccccc9c8c7)cc6)c6ccc(-c7ccc8c9ccccc9n(-c9ccccc9)c8c7)cc6)ccc5c4)ccc32)cc1. The van der Waals surface area contributed by atoms with Gasteiger partial charge in [-0.15, -0.1) is 0 Å². The zero-order valence-corrected chi connectivity index (χ0v) is 40.2. The molecule has 0 fully saturated rings. The fraction of sp³-hybridized carbons (Fsp3) is 0. The minimum absolute atomic E-state index is 0.899. The van der Waals surface area contributed by atoms with E-state index in [1.165, 1.54) is 71.1 Å². The molecule has 15 rings (SSSR count). The average molecular weight is 944 g/mol. The Morgan fingerprint density at radius 3 is 1.38 bits per heavy atom. The number of fused-ring (bicyclic) bond motifs is 10. The molecular formula is C70H45N3O. The van der Waals surface area contributed by atoms with Gasteiger partial charge in [-0.1, -0.05) is 158 Å². The van der Waals surface area contributed by atoms with Crippen molar-refractivity contribution in [3.05, 3.63) is 273 Å². The van der Waals surface area contributed by atoms with E-state index in [1.54, 1.807) is 0 Å². The first kappa shape index (κ1) is 41.8. The summed E-state index contributed by atoms with van der Waals surface area (Å²) in [6, 6.07) is 99.1. The smallest absolute Gasteiger partial charge is 0.135 e. The molecule has 0 saturated carbocycles. The van der Waals surface area contributed by atoms with Crippen molar-refractivity contribution in [1.82, 2.24) is 9.13 Å². The van der Waals surface area contributed by atoms with Crippen LogP contribution in [-0.4, -0.2) is 9.13 Å². The molecule has 0 amide bonds. The van der Waals surface area contributed by atoms with Crippen molar-refractivity contribution in [2.45, 2.75) is 0 Å². The van der Waals surface area contributed by atoms with E-state index in [-0.39, 0.29) is 0 Å². The highest BCUT2D eigenvalue weighted by atomic mass is 16.3. The molecule has 0 radical (unpaired) electrons. The molecule has 0 atom stereocenters. The monoisotopic (exact) mass is 943 g/mol.